The molecular formula is C25H25N3O6. The number of nitrogens with one attached hydrogen (secondary N) is 1. The number of hydrogen-bond acceptors (Lipinski definition) is 8. The van der Waals surface area contributed by atoms with E-state index in [0.29, 0.717) is 5.56 Å². The number of carbonyl (C=O) groups is 1. The van der Waals surface area contributed by atoms with Crippen LogP contribution in [0.1, 0.15) is 29.2 Å². The standard InChI is InChI=1S/C25H25N3O6/c1-32-25(29)24(27-34-18-20-10-6-3-7-11-20)16-23(21-12-14-22(15-13-21)28(30)31)26-33-17-19-8-4-2-5-9-19/h2-15,23,26H,16-18H2,1H3/b27-24-. The largest absolute Gasteiger partial charge is 0.464 e. The van der Waals surface area contributed by atoms with Crippen LogP contribution in [0.5, 0.6) is 0 Å². The van der Waals surface area contributed by atoms with Crippen molar-refractivity contribution in [2.45, 2.75) is 25.7 Å². The number of nitro groups is 1. The van der Waals surface area contributed by atoms with Gasteiger partial charge in [-0.05, 0) is 16.7 Å². The van der Waals surface area contributed by atoms with Gasteiger partial charge in [-0.2, -0.15) is 5.48 Å². The van der Waals surface area contributed by atoms with Gasteiger partial charge in [0.05, 0.1) is 24.7 Å². The number of carbonyl (C=O) groups excluding carboxylic acids is 1. The van der Waals surface area contributed by atoms with E-state index in [1.807, 2.05) is 60.7 Å². The molecule has 3 aromatic rings. The molecular weight excluding hydrogens is 438 g/mol. The second kappa shape index (κ2) is 12.8. The van der Waals surface area contributed by atoms with Crippen LogP contribution in [0.2, 0.25) is 0 Å². The fraction of sp³-hybridized carbons (Fsp3) is 0.200. The van der Waals surface area contributed by atoms with Gasteiger partial charge >= 0.3 is 5.97 Å². The van der Waals surface area contributed by atoms with Gasteiger partial charge in [0.2, 0.25) is 0 Å². The minimum absolute atomic E-state index is 0.0394. The number of benzene rings is 3. The molecule has 0 spiro atoms. The number of non-ortho nitro benzene ring substituents is 1. The van der Waals surface area contributed by atoms with Crippen LogP contribution in [-0.4, -0.2) is 23.7 Å². The quantitative estimate of drug-likeness (QED) is 0.182. The number of hydroxylamine groups is 1. The Kier molecular flexibility index (Phi) is 9.27. The highest BCUT2D eigenvalue weighted by Crippen LogP contribution is 2.22. The molecule has 9 heteroatoms. The first-order valence-electron chi connectivity index (χ1n) is 10.5. The van der Waals surface area contributed by atoms with Crippen LogP contribution in [0.3, 0.4) is 0 Å². The molecule has 9 nitrogen and oxygen atoms in total. The molecule has 0 saturated heterocycles. The maximum Gasteiger partial charge on any atom is 0.355 e. The first kappa shape index (κ1) is 24.6. The normalized spacial score (nSPS) is 12.1. The highest BCUT2D eigenvalue weighted by atomic mass is 16.6. The Balaban J connectivity index is 1.75. The fourth-order valence-electron chi connectivity index (χ4n) is 3.08. The Morgan fingerprint density at radius 2 is 1.53 bits per heavy atom. The van der Waals surface area contributed by atoms with Crippen molar-refractivity contribution < 1.29 is 24.1 Å². The number of rotatable bonds is 12. The zero-order valence-electron chi connectivity index (χ0n) is 18.6. The predicted molar refractivity (Wildman–Crippen MR) is 126 cm³/mol. The molecule has 0 aliphatic carbocycles. The molecule has 176 valence electrons. The van der Waals surface area contributed by atoms with Gasteiger partial charge in [-0.15, -0.1) is 0 Å². The van der Waals surface area contributed by atoms with E-state index in [1.54, 1.807) is 12.1 Å². The zero-order valence-corrected chi connectivity index (χ0v) is 18.6. The second-order valence-corrected chi connectivity index (χ2v) is 7.29. The molecule has 0 fully saturated rings. The van der Waals surface area contributed by atoms with Gasteiger partial charge in [0, 0.05) is 18.6 Å². The van der Waals surface area contributed by atoms with Crippen LogP contribution in [-0.2, 0) is 32.4 Å². The van der Waals surface area contributed by atoms with E-state index in [-0.39, 0.29) is 31.0 Å². The highest BCUT2D eigenvalue weighted by molar-refractivity contribution is 6.36. The van der Waals surface area contributed by atoms with Gasteiger partial charge in [-0.1, -0.05) is 78.0 Å². The fourth-order valence-corrected chi connectivity index (χ4v) is 3.08. The molecule has 0 saturated carbocycles. The van der Waals surface area contributed by atoms with Crippen LogP contribution < -0.4 is 5.48 Å². The minimum Gasteiger partial charge on any atom is -0.464 e. The van der Waals surface area contributed by atoms with Crippen molar-refractivity contribution in [3.63, 3.8) is 0 Å². The molecule has 0 heterocycles. The van der Waals surface area contributed by atoms with Crippen LogP contribution in [0.25, 0.3) is 0 Å². The lowest BCUT2D eigenvalue weighted by Gasteiger charge is -2.19. The number of ether oxygens (including phenoxy) is 1. The third kappa shape index (κ3) is 7.51. The number of nitro benzene ring substituents is 1. The Morgan fingerprint density at radius 3 is 2.09 bits per heavy atom. The summed E-state index contributed by atoms with van der Waals surface area (Å²) in [5, 5.41) is 15.0. The molecule has 0 radical (unpaired) electrons. The molecule has 34 heavy (non-hydrogen) atoms. The summed E-state index contributed by atoms with van der Waals surface area (Å²) in [6.45, 7) is 0.459. The monoisotopic (exact) mass is 463 g/mol. The van der Waals surface area contributed by atoms with Crippen molar-refractivity contribution in [1.29, 1.82) is 0 Å². The lowest BCUT2D eigenvalue weighted by Crippen LogP contribution is -2.28. The summed E-state index contributed by atoms with van der Waals surface area (Å²) in [6.07, 6.45) is 0.0636. The van der Waals surface area contributed by atoms with Gasteiger partial charge in [0.25, 0.3) is 5.69 Å². The topological polar surface area (TPSA) is 112 Å². The third-order valence-corrected chi connectivity index (χ3v) is 4.88. The Bertz CT molecular complexity index is 1090. The molecule has 1 unspecified atom stereocenters. The van der Waals surface area contributed by atoms with Gasteiger partial charge in [-0.25, -0.2) is 4.79 Å². The Morgan fingerprint density at radius 1 is 0.941 bits per heavy atom. The van der Waals surface area contributed by atoms with Crippen molar-refractivity contribution >= 4 is 17.4 Å². The summed E-state index contributed by atoms with van der Waals surface area (Å²) in [6, 6.07) is 24.4. The summed E-state index contributed by atoms with van der Waals surface area (Å²) in [4.78, 5) is 34.0. The molecule has 0 amide bonds. The second-order valence-electron chi connectivity index (χ2n) is 7.29. The summed E-state index contributed by atoms with van der Waals surface area (Å²) in [5.41, 5.74) is 5.44. The SMILES string of the molecule is COC(=O)/C(CC(NOCc1ccccc1)c1ccc([N+](=O)[O-])cc1)=N\OCc1ccccc1. The predicted octanol–water partition coefficient (Wildman–Crippen LogP) is 4.49. The van der Waals surface area contributed by atoms with Crippen molar-refractivity contribution in [1.82, 2.24) is 5.48 Å². The van der Waals surface area contributed by atoms with Crippen LogP contribution >= 0.6 is 0 Å². The molecule has 0 bridgehead atoms. The van der Waals surface area contributed by atoms with E-state index in [2.05, 4.69) is 10.6 Å². The van der Waals surface area contributed by atoms with E-state index < -0.39 is 16.9 Å². The highest BCUT2D eigenvalue weighted by Gasteiger charge is 2.22. The van der Waals surface area contributed by atoms with Crippen molar-refractivity contribution in [2.75, 3.05) is 7.11 Å². The average molecular weight is 463 g/mol. The lowest BCUT2D eigenvalue weighted by molar-refractivity contribution is -0.384. The zero-order chi connectivity index (χ0) is 24.2. The summed E-state index contributed by atoms with van der Waals surface area (Å²) >= 11 is 0. The molecule has 0 aliphatic rings. The van der Waals surface area contributed by atoms with Crippen LogP contribution in [0.15, 0.2) is 90.1 Å². The maximum absolute atomic E-state index is 12.4. The van der Waals surface area contributed by atoms with E-state index >= 15 is 0 Å². The minimum atomic E-state index is -0.648. The van der Waals surface area contributed by atoms with Crippen molar-refractivity contribution in [3.05, 3.63) is 112 Å². The van der Waals surface area contributed by atoms with Gasteiger partial charge in [0.15, 0.2) is 5.71 Å². The van der Waals surface area contributed by atoms with Crippen LogP contribution in [0.4, 0.5) is 5.69 Å². The first-order valence-corrected chi connectivity index (χ1v) is 10.5. The summed E-state index contributed by atoms with van der Waals surface area (Å²) in [5.74, 6) is -0.648. The van der Waals surface area contributed by atoms with E-state index in [9.17, 15) is 14.9 Å². The molecule has 1 N–H and O–H groups in total. The Labute approximate surface area is 197 Å². The number of hydrogen-bond donors (Lipinski definition) is 1. The lowest BCUT2D eigenvalue weighted by atomic mass is 10.0. The van der Waals surface area contributed by atoms with Gasteiger partial charge < -0.3 is 9.57 Å². The Hall–Kier alpha value is -4.08. The number of nitrogens with zero attached hydrogens (tertiary/aromatic N) is 2. The summed E-state index contributed by atoms with van der Waals surface area (Å²) in [7, 11) is 1.26. The summed E-state index contributed by atoms with van der Waals surface area (Å²) < 4.78 is 4.87. The molecule has 3 aromatic carbocycles. The number of esters is 1. The van der Waals surface area contributed by atoms with Gasteiger partial charge in [-0.3, -0.25) is 15.0 Å². The molecule has 0 aliphatic heterocycles. The first-order chi connectivity index (χ1) is 16.6. The number of methoxy groups -OCH3 is 1. The van der Waals surface area contributed by atoms with E-state index in [0.717, 1.165) is 11.1 Å². The maximum atomic E-state index is 12.4. The third-order valence-electron chi connectivity index (χ3n) is 4.88. The molecule has 3 rings (SSSR count). The van der Waals surface area contributed by atoms with Crippen LogP contribution in [0, 0.1) is 10.1 Å². The smallest absolute Gasteiger partial charge is 0.355 e. The average Bonchev–Trinajstić information content (AvgIpc) is 2.88. The van der Waals surface area contributed by atoms with E-state index in [4.69, 9.17) is 14.4 Å². The van der Waals surface area contributed by atoms with E-state index in [1.165, 1.54) is 19.2 Å². The molecule has 0 aromatic heterocycles. The number of oxime groups is 1. The van der Waals surface area contributed by atoms with Gasteiger partial charge in [0.1, 0.15) is 6.61 Å². The molecule has 1 atom stereocenters. The van der Waals surface area contributed by atoms with Crippen molar-refractivity contribution in [2.24, 2.45) is 5.16 Å². The van der Waals surface area contributed by atoms with Crippen molar-refractivity contribution in [3.8, 4) is 0 Å².